The van der Waals surface area contributed by atoms with E-state index in [0.717, 1.165) is 31.5 Å². The van der Waals surface area contributed by atoms with Gasteiger partial charge >= 0.3 is 0 Å². The van der Waals surface area contributed by atoms with Gasteiger partial charge in [0.25, 0.3) is 0 Å². The van der Waals surface area contributed by atoms with Crippen LogP contribution < -0.4 is 14.2 Å². The number of ether oxygens (including phenoxy) is 3. The van der Waals surface area contributed by atoms with Gasteiger partial charge in [0, 0.05) is 19.6 Å². The van der Waals surface area contributed by atoms with Crippen LogP contribution in [0, 0.1) is 12.7 Å². The standard InChI is InChI=1S/C27H35ClFNO5/c1-17(20-5-7-21(29)8-6-20)11-15-34-27-25(35-16-14-30-12-9-22(32)10-13-30)23(19(3)31)18(2)24(28)26(27)33-4/h5-8,17,22,32H,9-16H2,1-4H3. The lowest BCUT2D eigenvalue weighted by atomic mass is 9.98. The first-order chi connectivity index (χ1) is 16.7. The van der Waals surface area contributed by atoms with Crippen LogP contribution in [0.2, 0.25) is 5.02 Å². The van der Waals surface area contributed by atoms with Crippen molar-refractivity contribution >= 4 is 17.4 Å². The van der Waals surface area contributed by atoms with Crippen molar-refractivity contribution in [1.29, 1.82) is 0 Å². The van der Waals surface area contributed by atoms with Crippen LogP contribution in [0.15, 0.2) is 24.3 Å². The van der Waals surface area contributed by atoms with Crippen molar-refractivity contribution < 1.29 is 28.5 Å². The van der Waals surface area contributed by atoms with Gasteiger partial charge in [-0.05, 0) is 62.3 Å². The highest BCUT2D eigenvalue weighted by molar-refractivity contribution is 6.34. The molecule has 0 aromatic heterocycles. The molecule has 2 aromatic rings. The number of ketones is 1. The van der Waals surface area contributed by atoms with Crippen LogP contribution in [-0.2, 0) is 0 Å². The Kier molecular flexibility index (Phi) is 9.78. The maximum atomic E-state index is 13.3. The van der Waals surface area contributed by atoms with Gasteiger partial charge in [-0.25, -0.2) is 4.39 Å². The smallest absolute Gasteiger partial charge is 0.205 e. The molecule has 1 N–H and O–H groups in total. The van der Waals surface area contributed by atoms with E-state index in [0.29, 0.717) is 59.6 Å². The number of carbonyl (C=O) groups excluding carboxylic acids is 1. The van der Waals surface area contributed by atoms with Gasteiger partial charge in [-0.1, -0.05) is 30.7 Å². The molecule has 0 aliphatic carbocycles. The van der Waals surface area contributed by atoms with E-state index in [1.807, 2.05) is 6.92 Å². The second-order valence-electron chi connectivity index (χ2n) is 9.07. The first-order valence-corrected chi connectivity index (χ1v) is 12.4. The predicted molar refractivity (Wildman–Crippen MR) is 135 cm³/mol. The number of benzene rings is 2. The summed E-state index contributed by atoms with van der Waals surface area (Å²) in [6.45, 7) is 8.23. The zero-order chi connectivity index (χ0) is 25.5. The molecule has 1 heterocycles. The molecule has 1 fully saturated rings. The van der Waals surface area contributed by atoms with Gasteiger partial charge in [0.1, 0.15) is 12.4 Å². The molecule has 6 nitrogen and oxygen atoms in total. The fourth-order valence-corrected chi connectivity index (χ4v) is 4.61. The quantitative estimate of drug-likeness (QED) is 0.410. The van der Waals surface area contributed by atoms with E-state index in [-0.39, 0.29) is 23.6 Å². The molecule has 192 valence electrons. The summed E-state index contributed by atoms with van der Waals surface area (Å²) in [5, 5.41) is 10.0. The molecule has 0 bridgehead atoms. The number of halogens is 2. The van der Waals surface area contributed by atoms with Crippen molar-refractivity contribution in [3.63, 3.8) is 0 Å². The normalized spacial score (nSPS) is 15.6. The lowest BCUT2D eigenvalue weighted by molar-refractivity contribution is 0.0748. The summed E-state index contributed by atoms with van der Waals surface area (Å²) in [7, 11) is 1.50. The number of likely N-dealkylation sites (tertiary alicyclic amines) is 1. The Labute approximate surface area is 211 Å². The van der Waals surface area contributed by atoms with E-state index >= 15 is 0 Å². The summed E-state index contributed by atoms with van der Waals surface area (Å²) in [6.07, 6.45) is 1.91. The molecule has 35 heavy (non-hydrogen) atoms. The highest BCUT2D eigenvalue weighted by Gasteiger charge is 2.27. The Morgan fingerprint density at radius 2 is 1.77 bits per heavy atom. The first-order valence-electron chi connectivity index (χ1n) is 12.0. The number of piperidine rings is 1. The van der Waals surface area contributed by atoms with Crippen LogP contribution in [0.25, 0.3) is 0 Å². The minimum absolute atomic E-state index is 0.133. The van der Waals surface area contributed by atoms with Gasteiger partial charge in [0.2, 0.25) is 5.75 Å². The summed E-state index contributed by atoms with van der Waals surface area (Å²) in [5.41, 5.74) is 1.97. The molecule has 0 saturated carbocycles. The fraction of sp³-hybridized carbons (Fsp3) is 0.519. The highest BCUT2D eigenvalue weighted by Crippen LogP contribution is 2.48. The number of carbonyl (C=O) groups is 1. The summed E-state index contributed by atoms with van der Waals surface area (Å²) in [5.74, 6) is 0.674. The van der Waals surface area contributed by atoms with Crippen LogP contribution in [0.4, 0.5) is 4.39 Å². The summed E-state index contributed by atoms with van der Waals surface area (Å²) >= 11 is 6.56. The summed E-state index contributed by atoms with van der Waals surface area (Å²) in [6, 6.07) is 6.43. The molecular formula is C27H35ClFNO5. The van der Waals surface area contributed by atoms with Gasteiger partial charge < -0.3 is 19.3 Å². The second kappa shape index (κ2) is 12.6. The molecule has 0 spiro atoms. The molecule has 0 amide bonds. The van der Waals surface area contributed by atoms with E-state index in [1.165, 1.54) is 26.2 Å². The van der Waals surface area contributed by atoms with Crippen molar-refractivity contribution in [2.45, 2.75) is 52.1 Å². The first kappa shape index (κ1) is 27.2. The molecule has 2 aromatic carbocycles. The molecule has 3 rings (SSSR count). The van der Waals surface area contributed by atoms with Gasteiger partial charge in [-0.15, -0.1) is 0 Å². The third kappa shape index (κ3) is 6.87. The van der Waals surface area contributed by atoms with Gasteiger partial charge in [0.15, 0.2) is 17.3 Å². The number of methoxy groups -OCH3 is 1. The number of nitrogens with zero attached hydrogens (tertiary/aromatic N) is 1. The molecule has 1 saturated heterocycles. The van der Waals surface area contributed by atoms with Crippen LogP contribution in [-0.4, -0.2) is 61.9 Å². The van der Waals surface area contributed by atoms with Crippen LogP contribution >= 0.6 is 11.6 Å². The van der Waals surface area contributed by atoms with Gasteiger partial charge in [0.05, 0.1) is 30.4 Å². The molecule has 0 radical (unpaired) electrons. The van der Waals surface area contributed by atoms with Crippen LogP contribution in [0.1, 0.15) is 60.5 Å². The van der Waals surface area contributed by atoms with E-state index in [2.05, 4.69) is 4.90 Å². The SMILES string of the molecule is COc1c(Cl)c(C)c(C(C)=O)c(OCCN2CCC(O)CC2)c1OCCC(C)c1ccc(F)cc1. The zero-order valence-corrected chi connectivity index (χ0v) is 21.7. The van der Waals surface area contributed by atoms with Crippen LogP contribution in [0.5, 0.6) is 17.2 Å². The van der Waals surface area contributed by atoms with Crippen LogP contribution in [0.3, 0.4) is 0 Å². The average molecular weight is 508 g/mol. The maximum absolute atomic E-state index is 13.3. The Morgan fingerprint density at radius 3 is 2.37 bits per heavy atom. The molecular weight excluding hydrogens is 473 g/mol. The Balaban J connectivity index is 1.79. The molecule has 1 aliphatic heterocycles. The minimum Gasteiger partial charge on any atom is -0.491 e. The average Bonchev–Trinajstić information content (AvgIpc) is 2.83. The molecule has 8 heteroatoms. The molecule has 1 atom stereocenters. The third-order valence-corrected chi connectivity index (χ3v) is 7.00. The van der Waals surface area contributed by atoms with E-state index in [1.54, 1.807) is 19.1 Å². The predicted octanol–water partition coefficient (Wildman–Crippen LogP) is 5.41. The molecule has 1 aliphatic rings. The van der Waals surface area contributed by atoms with Crippen molar-refractivity contribution in [3.8, 4) is 17.2 Å². The van der Waals surface area contributed by atoms with Crippen molar-refractivity contribution in [1.82, 2.24) is 4.90 Å². The minimum atomic E-state index is -0.268. The Morgan fingerprint density at radius 1 is 1.14 bits per heavy atom. The van der Waals surface area contributed by atoms with Gasteiger partial charge in [-0.3, -0.25) is 9.69 Å². The van der Waals surface area contributed by atoms with Crippen molar-refractivity contribution in [3.05, 3.63) is 51.8 Å². The zero-order valence-electron chi connectivity index (χ0n) is 20.9. The third-order valence-electron chi connectivity index (χ3n) is 6.55. The lowest BCUT2D eigenvalue weighted by Gasteiger charge is -2.29. The largest absolute Gasteiger partial charge is 0.491 e. The topological polar surface area (TPSA) is 68.2 Å². The molecule has 1 unspecified atom stereocenters. The lowest BCUT2D eigenvalue weighted by Crippen LogP contribution is -2.38. The Hall–Kier alpha value is -2.35. The van der Waals surface area contributed by atoms with Crippen molar-refractivity contribution in [2.75, 3.05) is 40.0 Å². The van der Waals surface area contributed by atoms with Gasteiger partial charge in [-0.2, -0.15) is 0 Å². The van der Waals surface area contributed by atoms with E-state index in [9.17, 15) is 14.3 Å². The fourth-order valence-electron chi connectivity index (χ4n) is 4.36. The highest BCUT2D eigenvalue weighted by atomic mass is 35.5. The van der Waals surface area contributed by atoms with E-state index < -0.39 is 0 Å². The summed E-state index contributed by atoms with van der Waals surface area (Å²) < 4.78 is 31.1. The maximum Gasteiger partial charge on any atom is 0.205 e. The number of Topliss-reactive ketones (excluding diaryl/α,β-unsaturated/α-hetero) is 1. The summed E-state index contributed by atoms with van der Waals surface area (Å²) in [4.78, 5) is 14.8. The Bertz CT molecular complexity index is 1010. The van der Waals surface area contributed by atoms with Crippen molar-refractivity contribution in [2.24, 2.45) is 0 Å². The number of aliphatic hydroxyl groups excluding tert-OH is 1. The monoisotopic (exact) mass is 507 g/mol. The second-order valence-corrected chi connectivity index (χ2v) is 9.45. The number of rotatable bonds is 11. The van der Waals surface area contributed by atoms with E-state index in [4.69, 9.17) is 25.8 Å². The number of hydrogen-bond acceptors (Lipinski definition) is 6. The number of aliphatic hydroxyl groups is 1. The number of hydrogen-bond donors (Lipinski definition) is 1.